The van der Waals surface area contributed by atoms with Gasteiger partial charge in [0.1, 0.15) is 0 Å². The average molecular weight is 179 g/mol. The van der Waals surface area contributed by atoms with Crippen molar-refractivity contribution in [2.24, 2.45) is 0 Å². The Labute approximate surface area is 81.2 Å². The zero-order valence-electron chi connectivity index (χ0n) is 7.44. The third-order valence-corrected chi connectivity index (χ3v) is 2.22. The maximum absolute atomic E-state index is 4.27. The summed E-state index contributed by atoms with van der Waals surface area (Å²) in [6.07, 6.45) is 3.57. The molecule has 0 fully saturated rings. The minimum atomic E-state index is 0.896. The molecule has 0 saturated heterocycles. The van der Waals surface area contributed by atoms with Gasteiger partial charge in [0, 0.05) is 29.2 Å². The molecule has 1 radical (unpaired) electrons. The molecule has 0 aliphatic heterocycles. The van der Waals surface area contributed by atoms with Gasteiger partial charge < -0.3 is 0 Å². The summed E-state index contributed by atoms with van der Waals surface area (Å²) in [5.74, 6) is 0. The molecule has 0 atom stereocenters. The van der Waals surface area contributed by atoms with Crippen LogP contribution in [0.15, 0.2) is 42.7 Å². The molecule has 14 heavy (non-hydrogen) atoms. The molecule has 0 spiro atoms. The zero-order valence-corrected chi connectivity index (χ0v) is 7.44. The molecule has 0 saturated carbocycles. The first-order chi connectivity index (χ1) is 6.93. The van der Waals surface area contributed by atoms with Crippen molar-refractivity contribution in [1.29, 1.82) is 0 Å². The lowest BCUT2D eigenvalue weighted by Crippen LogP contribution is -1.81. The van der Waals surface area contributed by atoms with E-state index in [-0.39, 0.29) is 0 Å². The van der Waals surface area contributed by atoms with Gasteiger partial charge >= 0.3 is 0 Å². The van der Waals surface area contributed by atoms with Gasteiger partial charge in [0.05, 0.1) is 11.0 Å². The Bertz CT molecular complexity index is 497. The SMILES string of the molecule is [c]1c2cccnc2cc2cccnc12. The molecule has 0 aliphatic carbocycles. The van der Waals surface area contributed by atoms with E-state index in [9.17, 15) is 0 Å². The second kappa shape index (κ2) is 2.77. The van der Waals surface area contributed by atoms with Gasteiger partial charge in [-0.05, 0) is 18.2 Å². The van der Waals surface area contributed by atoms with E-state index in [1.807, 2.05) is 30.3 Å². The standard InChI is InChI=1S/C12H7N2/c1-3-9-7-12-10(4-2-6-14-12)8-11(9)13-5-1/h1-7H. The second-order valence-corrected chi connectivity index (χ2v) is 3.15. The molecule has 0 aliphatic rings. The highest BCUT2D eigenvalue weighted by atomic mass is 14.7. The first kappa shape index (κ1) is 7.44. The van der Waals surface area contributed by atoms with Crippen LogP contribution in [0.25, 0.3) is 21.8 Å². The van der Waals surface area contributed by atoms with E-state index >= 15 is 0 Å². The van der Waals surface area contributed by atoms with Crippen LogP contribution in [0.2, 0.25) is 0 Å². The summed E-state index contributed by atoms with van der Waals surface area (Å²) >= 11 is 0. The quantitative estimate of drug-likeness (QED) is 0.496. The van der Waals surface area contributed by atoms with Gasteiger partial charge in [0.25, 0.3) is 0 Å². The Balaban J connectivity index is 2.52. The van der Waals surface area contributed by atoms with Gasteiger partial charge in [-0.25, -0.2) is 0 Å². The topological polar surface area (TPSA) is 25.8 Å². The number of hydrogen-bond donors (Lipinski definition) is 0. The van der Waals surface area contributed by atoms with Crippen LogP contribution in [0.4, 0.5) is 0 Å². The Morgan fingerprint density at radius 1 is 1.00 bits per heavy atom. The number of pyridine rings is 2. The van der Waals surface area contributed by atoms with E-state index in [1.165, 1.54) is 0 Å². The van der Waals surface area contributed by atoms with Gasteiger partial charge in [-0.1, -0.05) is 12.1 Å². The van der Waals surface area contributed by atoms with Crippen molar-refractivity contribution in [3.8, 4) is 0 Å². The third-order valence-electron chi connectivity index (χ3n) is 2.22. The number of aromatic nitrogens is 2. The van der Waals surface area contributed by atoms with Crippen molar-refractivity contribution in [1.82, 2.24) is 9.97 Å². The second-order valence-electron chi connectivity index (χ2n) is 3.15. The van der Waals surface area contributed by atoms with Gasteiger partial charge in [-0.2, -0.15) is 0 Å². The summed E-state index contributed by atoms with van der Waals surface area (Å²) in [5, 5.41) is 2.09. The Hall–Kier alpha value is -1.96. The van der Waals surface area contributed by atoms with Crippen molar-refractivity contribution in [2.45, 2.75) is 0 Å². The molecule has 0 bridgehead atoms. The smallest absolute Gasteiger partial charge is 0.0788 e. The van der Waals surface area contributed by atoms with E-state index in [4.69, 9.17) is 0 Å². The van der Waals surface area contributed by atoms with Crippen LogP contribution in [0.1, 0.15) is 0 Å². The van der Waals surface area contributed by atoms with Crippen LogP contribution in [0.5, 0.6) is 0 Å². The lowest BCUT2D eigenvalue weighted by atomic mass is 10.1. The molecule has 3 rings (SSSR count). The van der Waals surface area contributed by atoms with Crippen molar-refractivity contribution in [3.63, 3.8) is 0 Å². The monoisotopic (exact) mass is 179 g/mol. The van der Waals surface area contributed by atoms with E-state index < -0.39 is 0 Å². The third kappa shape index (κ3) is 1.04. The fraction of sp³-hybridized carbons (Fsp3) is 0. The number of nitrogens with zero attached hydrogens (tertiary/aromatic N) is 2. The maximum atomic E-state index is 4.27. The highest BCUT2D eigenvalue weighted by Crippen LogP contribution is 2.17. The number of rotatable bonds is 0. The van der Waals surface area contributed by atoms with E-state index in [0.717, 1.165) is 21.8 Å². The lowest BCUT2D eigenvalue weighted by molar-refractivity contribution is 1.39. The molecule has 2 aromatic heterocycles. The number of benzene rings is 1. The summed E-state index contributed by atoms with van der Waals surface area (Å²) < 4.78 is 0. The molecule has 2 heterocycles. The fourth-order valence-electron chi connectivity index (χ4n) is 1.55. The Kier molecular flexibility index (Phi) is 1.47. The summed E-state index contributed by atoms with van der Waals surface area (Å²) in [5.41, 5.74) is 1.86. The van der Waals surface area contributed by atoms with Crippen LogP contribution in [0, 0.1) is 6.07 Å². The van der Waals surface area contributed by atoms with Gasteiger partial charge in [0.2, 0.25) is 0 Å². The molecule has 2 heteroatoms. The predicted molar refractivity (Wildman–Crippen MR) is 55.9 cm³/mol. The molecule has 0 unspecified atom stereocenters. The molecule has 3 aromatic rings. The van der Waals surface area contributed by atoms with Gasteiger partial charge in [-0.15, -0.1) is 0 Å². The van der Waals surface area contributed by atoms with Crippen LogP contribution >= 0.6 is 0 Å². The number of hydrogen-bond acceptors (Lipinski definition) is 2. The van der Waals surface area contributed by atoms with Crippen LogP contribution < -0.4 is 0 Å². The first-order valence-corrected chi connectivity index (χ1v) is 4.45. The number of fused-ring (bicyclic) bond motifs is 2. The fourth-order valence-corrected chi connectivity index (χ4v) is 1.55. The van der Waals surface area contributed by atoms with Crippen molar-refractivity contribution in [3.05, 3.63) is 48.8 Å². The van der Waals surface area contributed by atoms with Crippen molar-refractivity contribution < 1.29 is 0 Å². The molecule has 2 nitrogen and oxygen atoms in total. The van der Waals surface area contributed by atoms with E-state index in [0.29, 0.717) is 0 Å². The lowest BCUT2D eigenvalue weighted by Gasteiger charge is -1.98. The Morgan fingerprint density at radius 3 is 2.86 bits per heavy atom. The van der Waals surface area contributed by atoms with Crippen molar-refractivity contribution >= 4 is 21.8 Å². The minimum Gasteiger partial charge on any atom is -0.256 e. The van der Waals surface area contributed by atoms with E-state index in [1.54, 1.807) is 12.4 Å². The summed E-state index contributed by atoms with van der Waals surface area (Å²) in [7, 11) is 0. The highest BCUT2D eigenvalue weighted by molar-refractivity contribution is 5.93. The first-order valence-electron chi connectivity index (χ1n) is 4.45. The maximum Gasteiger partial charge on any atom is 0.0788 e. The summed E-state index contributed by atoms with van der Waals surface area (Å²) in [4.78, 5) is 8.52. The summed E-state index contributed by atoms with van der Waals surface area (Å²) in [6.45, 7) is 0. The predicted octanol–water partition coefficient (Wildman–Crippen LogP) is 2.58. The van der Waals surface area contributed by atoms with Gasteiger partial charge in [-0.3, -0.25) is 9.97 Å². The molecular weight excluding hydrogens is 172 g/mol. The van der Waals surface area contributed by atoms with E-state index in [2.05, 4.69) is 16.0 Å². The molecule has 65 valence electrons. The van der Waals surface area contributed by atoms with Crippen molar-refractivity contribution in [2.75, 3.05) is 0 Å². The zero-order chi connectivity index (χ0) is 9.38. The molecular formula is C12H7N2. The molecule has 0 N–H and O–H groups in total. The van der Waals surface area contributed by atoms with Gasteiger partial charge in [0.15, 0.2) is 0 Å². The average Bonchev–Trinajstić information content (AvgIpc) is 2.26. The highest BCUT2D eigenvalue weighted by Gasteiger charge is 1.98. The minimum absolute atomic E-state index is 0.896. The largest absolute Gasteiger partial charge is 0.256 e. The summed E-state index contributed by atoms with van der Waals surface area (Å²) in [6, 6.07) is 13.1. The normalized spacial score (nSPS) is 10.9. The van der Waals surface area contributed by atoms with Crippen LogP contribution in [0.3, 0.4) is 0 Å². The van der Waals surface area contributed by atoms with Crippen LogP contribution in [-0.2, 0) is 0 Å². The molecule has 0 amide bonds. The Morgan fingerprint density at radius 2 is 1.86 bits per heavy atom. The van der Waals surface area contributed by atoms with Crippen LogP contribution in [-0.4, -0.2) is 9.97 Å². The molecule has 1 aromatic carbocycles.